The second-order valence-corrected chi connectivity index (χ2v) is 5.97. The normalized spacial score (nSPS) is 28.2. The molecule has 5 heteroatoms. The third-order valence-corrected chi connectivity index (χ3v) is 4.64. The van der Waals surface area contributed by atoms with Gasteiger partial charge in [-0.3, -0.25) is 9.59 Å². The van der Waals surface area contributed by atoms with Gasteiger partial charge in [-0.2, -0.15) is 0 Å². The molecule has 0 spiro atoms. The topological polar surface area (TPSA) is 69.6 Å². The molecule has 2 aliphatic rings. The lowest BCUT2D eigenvalue weighted by molar-refractivity contribution is -0.139. The Morgan fingerprint density at radius 2 is 2.05 bits per heavy atom. The van der Waals surface area contributed by atoms with E-state index in [2.05, 4.69) is 12.2 Å². The highest BCUT2D eigenvalue weighted by molar-refractivity contribution is 5.98. The highest BCUT2D eigenvalue weighted by Crippen LogP contribution is 2.36. The lowest BCUT2D eigenvalue weighted by Crippen LogP contribution is -2.43. The van der Waals surface area contributed by atoms with Crippen molar-refractivity contribution in [1.82, 2.24) is 5.32 Å². The first-order chi connectivity index (χ1) is 10.1. The Kier molecular flexibility index (Phi) is 3.68. The molecule has 3 atom stereocenters. The van der Waals surface area contributed by atoms with Crippen LogP contribution in [0.1, 0.15) is 24.8 Å². The molecule has 2 heterocycles. The number of carbonyl (C=O) groups is 2. The van der Waals surface area contributed by atoms with Gasteiger partial charge in [0.1, 0.15) is 0 Å². The third kappa shape index (κ3) is 2.42. The Morgan fingerprint density at radius 3 is 2.71 bits per heavy atom. The van der Waals surface area contributed by atoms with Crippen molar-refractivity contribution in [3.05, 3.63) is 29.8 Å². The number of carbonyl (C=O) groups excluding carboxylic acids is 1. The number of benzene rings is 1. The first-order valence-corrected chi connectivity index (χ1v) is 7.43. The number of fused-ring (bicyclic) bond motifs is 1. The summed E-state index contributed by atoms with van der Waals surface area (Å²) in [7, 11) is 0. The smallest absolute Gasteiger partial charge is 0.311 e. The maximum Gasteiger partial charge on any atom is 0.311 e. The number of carboxylic acids is 1. The highest BCUT2D eigenvalue weighted by atomic mass is 16.4. The Hall–Kier alpha value is -1.88. The van der Waals surface area contributed by atoms with E-state index in [4.69, 9.17) is 0 Å². The molecule has 3 unspecified atom stereocenters. The highest BCUT2D eigenvalue weighted by Gasteiger charge is 2.37. The molecule has 0 aliphatic carbocycles. The molecule has 5 nitrogen and oxygen atoms in total. The molecule has 0 aromatic heterocycles. The molecule has 2 N–H and O–H groups in total. The summed E-state index contributed by atoms with van der Waals surface area (Å²) in [5, 5.41) is 12.6. The zero-order chi connectivity index (χ0) is 15.0. The first-order valence-electron chi connectivity index (χ1n) is 7.43. The predicted molar refractivity (Wildman–Crippen MR) is 79.3 cm³/mol. The third-order valence-electron chi connectivity index (χ3n) is 4.64. The van der Waals surface area contributed by atoms with Crippen LogP contribution in [0.15, 0.2) is 24.3 Å². The fraction of sp³-hybridized carbons (Fsp3) is 0.500. The Bertz CT molecular complexity index is 572. The van der Waals surface area contributed by atoms with Crippen molar-refractivity contribution >= 4 is 17.6 Å². The SMILES string of the molecule is CC1CNCC1C(=O)N1CCC(C(=O)O)c2ccccc21. The van der Waals surface area contributed by atoms with Crippen LogP contribution in [0.2, 0.25) is 0 Å². The van der Waals surface area contributed by atoms with Crippen LogP contribution in [0.3, 0.4) is 0 Å². The molecular formula is C16H20N2O3. The van der Waals surface area contributed by atoms with Gasteiger partial charge in [0.05, 0.1) is 11.8 Å². The summed E-state index contributed by atoms with van der Waals surface area (Å²) in [4.78, 5) is 26.0. The van der Waals surface area contributed by atoms with E-state index in [-0.39, 0.29) is 11.8 Å². The van der Waals surface area contributed by atoms with E-state index in [9.17, 15) is 14.7 Å². The van der Waals surface area contributed by atoms with Crippen molar-refractivity contribution in [3.8, 4) is 0 Å². The Balaban J connectivity index is 1.92. The number of hydrogen-bond acceptors (Lipinski definition) is 3. The fourth-order valence-electron chi connectivity index (χ4n) is 3.39. The molecule has 112 valence electrons. The number of rotatable bonds is 2. The largest absolute Gasteiger partial charge is 0.481 e. The molecule has 0 saturated carbocycles. The summed E-state index contributed by atoms with van der Waals surface area (Å²) in [6, 6.07) is 7.38. The van der Waals surface area contributed by atoms with Crippen molar-refractivity contribution in [2.75, 3.05) is 24.5 Å². The number of nitrogens with zero attached hydrogens (tertiary/aromatic N) is 1. The van der Waals surface area contributed by atoms with Crippen LogP contribution in [0.25, 0.3) is 0 Å². The lowest BCUT2D eigenvalue weighted by atomic mass is 9.88. The van der Waals surface area contributed by atoms with Crippen LogP contribution in [0, 0.1) is 11.8 Å². The van der Waals surface area contributed by atoms with Gasteiger partial charge in [0.15, 0.2) is 0 Å². The predicted octanol–water partition coefficient (Wildman–Crippen LogP) is 1.45. The zero-order valence-electron chi connectivity index (χ0n) is 12.1. The van der Waals surface area contributed by atoms with Crippen LogP contribution in [-0.4, -0.2) is 36.6 Å². The maximum atomic E-state index is 12.8. The molecule has 1 aromatic rings. The van der Waals surface area contributed by atoms with Crippen LogP contribution < -0.4 is 10.2 Å². The molecular weight excluding hydrogens is 268 g/mol. The van der Waals surface area contributed by atoms with E-state index in [1.807, 2.05) is 24.3 Å². The van der Waals surface area contributed by atoms with Gasteiger partial charge in [-0.05, 0) is 30.5 Å². The van der Waals surface area contributed by atoms with E-state index in [0.717, 1.165) is 17.8 Å². The minimum absolute atomic E-state index is 0.0144. The van der Waals surface area contributed by atoms with E-state index in [1.165, 1.54) is 0 Å². The van der Waals surface area contributed by atoms with E-state index in [1.54, 1.807) is 4.90 Å². The quantitative estimate of drug-likeness (QED) is 0.864. The number of carboxylic acid groups (broad SMARTS) is 1. The van der Waals surface area contributed by atoms with Gasteiger partial charge in [0, 0.05) is 18.8 Å². The molecule has 1 aromatic carbocycles. The summed E-state index contributed by atoms with van der Waals surface area (Å²) in [5.74, 6) is -0.903. The lowest BCUT2D eigenvalue weighted by Gasteiger charge is -2.34. The molecule has 3 rings (SSSR count). The minimum Gasteiger partial charge on any atom is -0.481 e. The van der Waals surface area contributed by atoms with Crippen molar-refractivity contribution < 1.29 is 14.7 Å². The van der Waals surface area contributed by atoms with Crippen LogP contribution in [0.4, 0.5) is 5.69 Å². The van der Waals surface area contributed by atoms with E-state index < -0.39 is 11.9 Å². The summed E-state index contributed by atoms with van der Waals surface area (Å²) in [5.41, 5.74) is 1.52. The van der Waals surface area contributed by atoms with E-state index >= 15 is 0 Å². The molecule has 1 saturated heterocycles. The molecule has 1 fully saturated rings. The summed E-state index contributed by atoms with van der Waals surface area (Å²) < 4.78 is 0. The maximum absolute atomic E-state index is 12.8. The van der Waals surface area contributed by atoms with Gasteiger partial charge in [-0.15, -0.1) is 0 Å². The number of anilines is 1. The number of nitrogens with one attached hydrogen (secondary N) is 1. The van der Waals surface area contributed by atoms with E-state index in [0.29, 0.717) is 25.4 Å². The number of hydrogen-bond donors (Lipinski definition) is 2. The summed E-state index contributed by atoms with van der Waals surface area (Å²) >= 11 is 0. The minimum atomic E-state index is -0.814. The standard InChI is InChI=1S/C16H20N2O3/c1-10-8-17-9-13(10)15(19)18-7-6-12(16(20)21)11-4-2-3-5-14(11)18/h2-5,10,12-13,17H,6-9H2,1H3,(H,20,21). The van der Waals surface area contributed by atoms with Crippen molar-refractivity contribution in [1.29, 1.82) is 0 Å². The fourth-order valence-corrected chi connectivity index (χ4v) is 3.39. The van der Waals surface area contributed by atoms with Gasteiger partial charge >= 0.3 is 5.97 Å². The molecule has 1 amide bonds. The van der Waals surface area contributed by atoms with Gasteiger partial charge in [-0.1, -0.05) is 25.1 Å². The number of amides is 1. The summed E-state index contributed by atoms with van der Waals surface area (Å²) in [6.07, 6.45) is 0.479. The molecule has 0 bridgehead atoms. The van der Waals surface area contributed by atoms with Gasteiger partial charge in [0.25, 0.3) is 0 Å². The first kappa shape index (κ1) is 14.1. The monoisotopic (exact) mass is 288 g/mol. The number of aliphatic carboxylic acids is 1. The Labute approximate surface area is 123 Å². The van der Waals surface area contributed by atoms with Gasteiger partial charge in [-0.25, -0.2) is 0 Å². The molecule has 21 heavy (non-hydrogen) atoms. The second kappa shape index (κ2) is 5.48. The number of para-hydroxylation sites is 1. The van der Waals surface area contributed by atoms with Crippen LogP contribution in [-0.2, 0) is 9.59 Å². The zero-order valence-corrected chi connectivity index (χ0v) is 12.1. The van der Waals surface area contributed by atoms with Gasteiger partial charge in [0.2, 0.25) is 5.91 Å². The van der Waals surface area contributed by atoms with Crippen LogP contribution >= 0.6 is 0 Å². The molecule has 0 radical (unpaired) electrons. The van der Waals surface area contributed by atoms with Crippen LogP contribution in [0.5, 0.6) is 0 Å². The Morgan fingerprint density at radius 1 is 1.29 bits per heavy atom. The van der Waals surface area contributed by atoms with Crippen molar-refractivity contribution in [2.45, 2.75) is 19.3 Å². The summed E-state index contributed by atoms with van der Waals surface area (Å²) in [6.45, 7) is 4.14. The van der Waals surface area contributed by atoms with Gasteiger partial charge < -0.3 is 15.3 Å². The molecule has 2 aliphatic heterocycles. The second-order valence-electron chi connectivity index (χ2n) is 5.97. The average molecular weight is 288 g/mol. The van der Waals surface area contributed by atoms with Crippen molar-refractivity contribution in [2.24, 2.45) is 11.8 Å². The average Bonchev–Trinajstić information content (AvgIpc) is 2.91. The van der Waals surface area contributed by atoms with Crippen molar-refractivity contribution in [3.63, 3.8) is 0 Å².